The molecule has 0 radical (unpaired) electrons. The normalized spacial score (nSPS) is 11.0. The number of aromatic nitrogens is 5. The molecule has 26 heavy (non-hydrogen) atoms. The molecule has 0 aliphatic heterocycles. The van der Waals surface area contributed by atoms with Crippen LogP contribution in [0.2, 0.25) is 0 Å². The van der Waals surface area contributed by atoms with Crippen molar-refractivity contribution in [1.82, 2.24) is 24.7 Å². The Balaban J connectivity index is 1.61. The van der Waals surface area contributed by atoms with E-state index in [4.69, 9.17) is 10.5 Å². The van der Waals surface area contributed by atoms with Crippen LogP contribution in [0.1, 0.15) is 5.56 Å². The molecule has 130 valence electrons. The van der Waals surface area contributed by atoms with Gasteiger partial charge in [-0.2, -0.15) is 9.67 Å². The summed E-state index contributed by atoms with van der Waals surface area (Å²) >= 11 is 1.51. The van der Waals surface area contributed by atoms with E-state index in [-0.39, 0.29) is 0 Å². The average Bonchev–Trinajstić information content (AvgIpc) is 3.06. The van der Waals surface area contributed by atoms with Crippen LogP contribution in [-0.2, 0) is 5.75 Å². The summed E-state index contributed by atoms with van der Waals surface area (Å²) < 4.78 is 6.80. The van der Waals surface area contributed by atoms with Gasteiger partial charge in [0, 0.05) is 11.1 Å². The monoisotopic (exact) mass is 364 g/mol. The Morgan fingerprint density at radius 3 is 2.88 bits per heavy atom. The van der Waals surface area contributed by atoms with E-state index in [1.165, 1.54) is 18.1 Å². The van der Waals surface area contributed by atoms with Crippen LogP contribution in [0.4, 0.5) is 5.95 Å². The Hall–Kier alpha value is -3.13. The summed E-state index contributed by atoms with van der Waals surface area (Å²) in [6, 6.07) is 15.6. The molecule has 0 aliphatic carbocycles. The molecule has 2 aromatic heterocycles. The minimum atomic E-state index is 0.294. The molecule has 0 spiro atoms. The van der Waals surface area contributed by atoms with Gasteiger partial charge in [0.15, 0.2) is 5.82 Å². The van der Waals surface area contributed by atoms with E-state index >= 15 is 0 Å². The fourth-order valence-corrected chi connectivity index (χ4v) is 3.36. The molecule has 0 aliphatic rings. The highest BCUT2D eigenvalue weighted by molar-refractivity contribution is 7.98. The van der Waals surface area contributed by atoms with Gasteiger partial charge in [0.05, 0.1) is 12.6 Å². The lowest BCUT2D eigenvalue weighted by Crippen LogP contribution is -2.05. The number of rotatable bonds is 5. The third-order valence-corrected chi connectivity index (χ3v) is 4.75. The van der Waals surface area contributed by atoms with Crippen LogP contribution in [0.5, 0.6) is 5.75 Å². The van der Waals surface area contributed by atoms with E-state index in [1.54, 1.807) is 11.8 Å². The lowest BCUT2D eigenvalue weighted by molar-refractivity contribution is 0.414. The van der Waals surface area contributed by atoms with Gasteiger partial charge >= 0.3 is 0 Å². The summed E-state index contributed by atoms with van der Waals surface area (Å²) in [4.78, 5) is 13.0. The SMILES string of the molecule is COc1cccc(CSc2nc(N)n(-c3ncnc4ccccc34)n2)c1. The van der Waals surface area contributed by atoms with Gasteiger partial charge in [-0.25, -0.2) is 9.97 Å². The Labute approximate surface area is 154 Å². The molecule has 0 fully saturated rings. The maximum atomic E-state index is 6.07. The molecule has 4 aromatic rings. The van der Waals surface area contributed by atoms with Crippen molar-refractivity contribution in [3.8, 4) is 11.6 Å². The van der Waals surface area contributed by atoms with Crippen LogP contribution in [0, 0.1) is 0 Å². The lowest BCUT2D eigenvalue weighted by atomic mass is 10.2. The largest absolute Gasteiger partial charge is 0.497 e. The first-order chi connectivity index (χ1) is 12.7. The van der Waals surface area contributed by atoms with Crippen LogP contribution in [-0.4, -0.2) is 31.8 Å². The van der Waals surface area contributed by atoms with Gasteiger partial charge in [-0.05, 0) is 29.8 Å². The summed E-state index contributed by atoms with van der Waals surface area (Å²) in [6.45, 7) is 0. The molecule has 0 atom stereocenters. The summed E-state index contributed by atoms with van der Waals surface area (Å²) in [5.41, 5.74) is 8.03. The third kappa shape index (κ3) is 3.18. The molecule has 2 heterocycles. The van der Waals surface area contributed by atoms with Crippen molar-refractivity contribution in [3.63, 3.8) is 0 Å². The summed E-state index contributed by atoms with van der Waals surface area (Å²) in [6.07, 6.45) is 1.50. The number of nitrogen functional groups attached to an aromatic ring is 1. The number of nitrogens with zero attached hydrogens (tertiary/aromatic N) is 5. The lowest BCUT2D eigenvalue weighted by Gasteiger charge is -2.05. The van der Waals surface area contributed by atoms with Crippen molar-refractivity contribution in [3.05, 3.63) is 60.4 Å². The molecule has 7 nitrogen and oxygen atoms in total. The third-order valence-electron chi connectivity index (χ3n) is 3.84. The first kappa shape index (κ1) is 16.3. The maximum absolute atomic E-state index is 6.07. The second-order valence-corrected chi connectivity index (χ2v) is 6.46. The van der Waals surface area contributed by atoms with Crippen LogP contribution in [0.3, 0.4) is 0 Å². The van der Waals surface area contributed by atoms with Gasteiger partial charge in [0.2, 0.25) is 11.1 Å². The number of para-hydroxylation sites is 1. The molecular formula is C18H16N6OS. The van der Waals surface area contributed by atoms with Crippen LogP contribution >= 0.6 is 11.8 Å². The molecule has 0 amide bonds. The van der Waals surface area contributed by atoms with Crippen molar-refractivity contribution in [2.24, 2.45) is 0 Å². The Morgan fingerprint density at radius 2 is 2.00 bits per heavy atom. The van der Waals surface area contributed by atoms with Crippen molar-refractivity contribution < 1.29 is 4.74 Å². The Morgan fingerprint density at radius 1 is 1.12 bits per heavy atom. The van der Waals surface area contributed by atoms with Crippen molar-refractivity contribution in [1.29, 1.82) is 0 Å². The van der Waals surface area contributed by atoms with Gasteiger partial charge < -0.3 is 10.5 Å². The number of hydrogen-bond donors (Lipinski definition) is 1. The number of fused-ring (bicyclic) bond motifs is 1. The zero-order valence-corrected chi connectivity index (χ0v) is 14.8. The van der Waals surface area contributed by atoms with E-state index < -0.39 is 0 Å². The van der Waals surface area contributed by atoms with E-state index in [9.17, 15) is 0 Å². The molecule has 0 bridgehead atoms. The number of nitrogens with two attached hydrogens (primary N) is 1. The highest BCUT2D eigenvalue weighted by atomic mass is 32.2. The first-order valence-electron chi connectivity index (χ1n) is 7.93. The van der Waals surface area contributed by atoms with Gasteiger partial charge in [-0.15, -0.1) is 5.10 Å². The minimum Gasteiger partial charge on any atom is -0.497 e. The predicted molar refractivity (Wildman–Crippen MR) is 101 cm³/mol. The topological polar surface area (TPSA) is 91.7 Å². The number of thioether (sulfide) groups is 1. The number of methoxy groups -OCH3 is 1. The number of hydrogen-bond acceptors (Lipinski definition) is 7. The summed E-state index contributed by atoms with van der Waals surface area (Å²) in [7, 11) is 1.65. The highest BCUT2D eigenvalue weighted by Crippen LogP contribution is 2.25. The van der Waals surface area contributed by atoms with E-state index in [0.717, 1.165) is 22.2 Å². The van der Waals surface area contributed by atoms with Crippen LogP contribution < -0.4 is 10.5 Å². The smallest absolute Gasteiger partial charge is 0.225 e. The molecule has 0 saturated carbocycles. The minimum absolute atomic E-state index is 0.294. The van der Waals surface area contributed by atoms with E-state index in [1.807, 2.05) is 48.5 Å². The van der Waals surface area contributed by atoms with Crippen LogP contribution in [0.15, 0.2) is 60.0 Å². The second-order valence-electron chi connectivity index (χ2n) is 5.52. The fourth-order valence-electron chi connectivity index (χ4n) is 2.59. The molecule has 0 unspecified atom stereocenters. The summed E-state index contributed by atoms with van der Waals surface area (Å²) in [5, 5.41) is 5.97. The van der Waals surface area contributed by atoms with Gasteiger partial charge in [-0.3, -0.25) is 0 Å². The van der Waals surface area contributed by atoms with Crippen molar-refractivity contribution >= 4 is 28.6 Å². The number of anilines is 1. The number of ether oxygens (including phenoxy) is 1. The van der Waals surface area contributed by atoms with E-state index in [0.29, 0.717) is 22.7 Å². The zero-order chi connectivity index (χ0) is 17.9. The number of benzene rings is 2. The van der Waals surface area contributed by atoms with Gasteiger partial charge in [0.1, 0.15) is 12.1 Å². The predicted octanol–water partition coefficient (Wildman–Crippen LogP) is 3.09. The molecule has 2 N–H and O–H groups in total. The average molecular weight is 364 g/mol. The van der Waals surface area contributed by atoms with Crippen molar-refractivity contribution in [2.45, 2.75) is 10.9 Å². The standard InChI is InChI=1S/C18H16N6OS/c1-25-13-6-4-5-12(9-13)10-26-18-22-17(19)24(23-18)16-14-7-2-3-8-15(14)20-11-21-16/h2-9,11H,10H2,1H3,(H2,19,22,23). The fraction of sp³-hybridized carbons (Fsp3) is 0.111. The first-order valence-corrected chi connectivity index (χ1v) is 8.91. The highest BCUT2D eigenvalue weighted by Gasteiger charge is 2.13. The maximum Gasteiger partial charge on any atom is 0.225 e. The molecule has 2 aromatic carbocycles. The van der Waals surface area contributed by atoms with Gasteiger partial charge in [0.25, 0.3) is 0 Å². The van der Waals surface area contributed by atoms with Gasteiger partial charge in [-0.1, -0.05) is 36.0 Å². The Kier molecular flexibility index (Phi) is 4.40. The quantitative estimate of drug-likeness (QED) is 0.544. The Bertz CT molecular complexity index is 1060. The molecule has 0 saturated heterocycles. The van der Waals surface area contributed by atoms with Crippen molar-refractivity contribution in [2.75, 3.05) is 12.8 Å². The second kappa shape index (κ2) is 7.01. The van der Waals surface area contributed by atoms with E-state index in [2.05, 4.69) is 20.1 Å². The molecular weight excluding hydrogens is 348 g/mol. The molecule has 4 rings (SSSR count). The zero-order valence-electron chi connectivity index (χ0n) is 14.0. The van der Waals surface area contributed by atoms with Crippen LogP contribution in [0.25, 0.3) is 16.7 Å². The summed E-state index contributed by atoms with van der Waals surface area (Å²) in [5.74, 6) is 2.45. The molecule has 8 heteroatoms.